The van der Waals surface area contributed by atoms with Gasteiger partial charge in [0.15, 0.2) is 0 Å². The van der Waals surface area contributed by atoms with Gasteiger partial charge in [-0.1, -0.05) is 6.08 Å². The van der Waals surface area contributed by atoms with Gasteiger partial charge in [-0.15, -0.1) is 6.58 Å². The van der Waals surface area contributed by atoms with Crippen LogP contribution in [0.4, 0.5) is 0 Å². The largest absolute Gasteiger partial charge is 0.378 e. The zero-order chi connectivity index (χ0) is 9.26. The molecule has 2 bridgehead atoms. The van der Waals surface area contributed by atoms with Gasteiger partial charge < -0.3 is 4.74 Å². The fraction of sp³-hybridized carbons (Fsp3) is 0.700. The lowest BCUT2D eigenvalue weighted by Crippen LogP contribution is -2.56. The zero-order valence-electron chi connectivity index (χ0n) is 7.74. The van der Waals surface area contributed by atoms with Crippen molar-refractivity contribution in [2.24, 2.45) is 0 Å². The van der Waals surface area contributed by atoms with Crippen molar-refractivity contribution in [3.05, 3.63) is 12.7 Å². The highest BCUT2D eigenvalue weighted by molar-refractivity contribution is 5.80. The van der Waals surface area contributed by atoms with Crippen LogP contribution in [0.1, 0.15) is 12.8 Å². The Morgan fingerprint density at radius 1 is 1.46 bits per heavy atom. The molecule has 0 aromatic rings. The van der Waals surface area contributed by atoms with Crippen molar-refractivity contribution < 1.29 is 9.53 Å². The van der Waals surface area contributed by atoms with E-state index in [1.807, 2.05) is 6.08 Å². The second-order valence-electron chi connectivity index (χ2n) is 3.78. The molecule has 0 aromatic carbocycles. The standard InChI is InChI=1S/C10H15NO2/c1-2-3-11-8-4-10(12)5-9(11)7-13-6-8/h2,8-9H,1,3-7H2. The molecule has 0 saturated carbocycles. The van der Waals surface area contributed by atoms with Crippen LogP contribution in [0.15, 0.2) is 12.7 Å². The first kappa shape index (κ1) is 8.91. The van der Waals surface area contributed by atoms with Gasteiger partial charge in [-0.25, -0.2) is 0 Å². The summed E-state index contributed by atoms with van der Waals surface area (Å²) in [4.78, 5) is 13.7. The molecule has 2 atom stereocenters. The second kappa shape index (κ2) is 3.60. The van der Waals surface area contributed by atoms with E-state index < -0.39 is 0 Å². The van der Waals surface area contributed by atoms with Crippen molar-refractivity contribution in [3.8, 4) is 0 Å². The third kappa shape index (κ3) is 1.67. The summed E-state index contributed by atoms with van der Waals surface area (Å²) in [5.41, 5.74) is 0. The van der Waals surface area contributed by atoms with Crippen LogP contribution in [0.5, 0.6) is 0 Å². The van der Waals surface area contributed by atoms with Crippen LogP contribution in [-0.4, -0.2) is 42.5 Å². The zero-order valence-corrected chi connectivity index (χ0v) is 7.74. The first-order valence-electron chi connectivity index (χ1n) is 4.77. The number of carbonyl (C=O) groups is 1. The number of rotatable bonds is 2. The Hall–Kier alpha value is -0.670. The molecule has 2 aliphatic heterocycles. The van der Waals surface area contributed by atoms with Crippen molar-refractivity contribution in [2.75, 3.05) is 19.8 Å². The van der Waals surface area contributed by atoms with Crippen LogP contribution in [0.2, 0.25) is 0 Å². The summed E-state index contributed by atoms with van der Waals surface area (Å²) in [6, 6.07) is 0.607. The number of ketones is 1. The quantitative estimate of drug-likeness (QED) is 0.584. The maximum atomic E-state index is 11.3. The van der Waals surface area contributed by atoms with Gasteiger partial charge in [-0.2, -0.15) is 0 Å². The van der Waals surface area contributed by atoms with E-state index in [4.69, 9.17) is 4.74 Å². The minimum atomic E-state index is 0.304. The summed E-state index contributed by atoms with van der Waals surface area (Å²) in [6.07, 6.45) is 3.22. The molecule has 2 aliphatic rings. The number of ether oxygens (including phenoxy) is 1. The van der Waals surface area contributed by atoms with Gasteiger partial charge >= 0.3 is 0 Å². The Kier molecular flexibility index (Phi) is 2.47. The molecule has 0 amide bonds. The summed E-state index contributed by atoms with van der Waals surface area (Å²) in [5.74, 6) is 0.388. The number of Topliss-reactive ketones (excluding diaryl/α,β-unsaturated/α-hetero) is 1. The van der Waals surface area contributed by atoms with Crippen molar-refractivity contribution in [2.45, 2.75) is 24.9 Å². The monoisotopic (exact) mass is 181 g/mol. The lowest BCUT2D eigenvalue weighted by molar-refractivity contribution is -0.134. The number of hydrogen-bond donors (Lipinski definition) is 0. The highest BCUT2D eigenvalue weighted by atomic mass is 16.5. The van der Waals surface area contributed by atoms with E-state index >= 15 is 0 Å². The Morgan fingerprint density at radius 2 is 2.08 bits per heavy atom. The van der Waals surface area contributed by atoms with Gasteiger partial charge in [-0.3, -0.25) is 9.69 Å². The van der Waals surface area contributed by atoms with Crippen LogP contribution in [0.25, 0.3) is 0 Å². The van der Waals surface area contributed by atoms with E-state index in [1.165, 1.54) is 0 Å². The lowest BCUT2D eigenvalue weighted by Gasteiger charge is -2.44. The molecule has 3 nitrogen and oxygen atoms in total. The lowest BCUT2D eigenvalue weighted by atomic mass is 9.93. The molecule has 0 aliphatic carbocycles. The highest BCUT2D eigenvalue weighted by Gasteiger charge is 2.37. The average Bonchev–Trinajstić information content (AvgIpc) is 2.07. The van der Waals surface area contributed by atoms with Gasteiger partial charge in [0.2, 0.25) is 0 Å². The fourth-order valence-electron chi connectivity index (χ4n) is 2.24. The maximum absolute atomic E-state index is 11.3. The van der Waals surface area contributed by atoms with E-state index in [0.29, 0.717) is 43.9 Å². The van der Waals surface area contributed by atoms with Crippen LogP contribution < -0.4 is 0 Å². The smallest absolute Gasteiger partial charge is 0.136 e. The summed E-state index contributed by atoms with van der Waals surface area (Å²) < 4.78 is 5.43. The minimum absolute atomic E-state index is 0.304. The number of carbonyl (C=O) groups excluding carboxylic acids is 1. The van der Waals surface area contributed by atoms with E-state index in [9.17, 15) is 4.79 Å². The van der Waals surface area contributed by atoms with E-state index in [0.717, 1.165) is 6.54 Å². The van der Waals surface area contributed by atoms with Gasteiger partial charge in [0, 0.05) is 31.5 Å². The third-order valence-electron chi connectivity index (χ3n) is 2.83. The molecule has 0 spiro atoms. The first-order chi connectivity index (χ1) is 6.31. The molecule has 72 valence electrons. The number of morpholine rings is 1. The van der Waals surface area contributed by atoms with Crippen LogP contribution >= 0.6 is 0 Å². The van der Waals surface area contributed by atoms with Crippen molar-refractivity contribution in [3.63, 3.8) is 0 Å². The van der Waals surface area contributed by atoms with E-state index in [1.54, 1.807) is 0 Å². The SMILES string of the molecule is C=CCN1C2COCC1CC(=O)C2. The molecule has 0 radical (unpaired) electrons. The molecule has 2 fully saturated rings. The molecule has 13 heavy (non-hydrogen) atoms. The third-order valence-corrected chi connectivity index (χ3v) is 2.83. The molecule has 2 saturated heterocycles. The molecular formula is C10H15NO2. The highest BCUT2D eigenvalue weighted by Crippen LogP contribution is 2.24. The summed E-state index contributed by atoms with van der Waals surface area (Å²) in [6.45, 7) is 6.02. The van der Waals surface area contributed by atoms with Gasteiger partial charge in [0.1, 0.15) is 5.78 Å². The first-order valence-corrected chi connectivity index (χ1v) is 4.77. The maximum Gasteiger partial charge on any atom is 0.136 e. The Labute approximate surface area is 78.4 Å². The Balaban J connectivity index is 2.09. The predicted molar refractivity (Wildman–Crippen MR) is 49.5 cm³/mol. The van der Waals surface area contributed by atoms with E-state index in [2.05, 4.69) is 11.5 Å². The molecular weight excluding hydrogens is 166 g/mol. The minimum Gasteiger partial charge on any atom is -0.378 e. The average molecular weight is 181 g/mol. The fourth-order valence-corrected chi connectivity index (χ4v) is 2.24. The second-order valence-corrected chi connectivity index (χ2v) is 3.78. The predicted octanol–water partition coefficient (Wildman–Crippen LogP) is 0.605. The van der Waals surface area contributed by atoms with Crippen LogP contribution in [-0.2, 0) is 9.53 Å². The van der Waals surface area contributed by atoms with Gasteiger partial charge in [0.05, 0.1) is 13.2 Å². The van der Waals surface area contributed by atoms with Crippen molar-refractivity contribution in [1.82, 2.24) is 4.90 Å². The van der Waals surface area contributed by atoms with Crippen molar-refractivity contribution in [1.29, 1.82) is 0 Å². The molecule has 2 unspecified atom stereocenters. The summed E-state index contributed by atoms with van der Waals surface area (Å²) >= 11 is 0. The number of nitrogens with zero attached hydrogens (tertiary/aromatic N) is 1. The number of hydrogen-bond acceptors (Lipinski definition) is 3. The molecule has 0 aromatic heterocycles. The molecule has 0 N–H and O–H groups in total. The Bertz CT molecular complexity index is 211. The summed E-state index contributed by atoms with van der Waals surface area (Å²) in [5, 5.41) is 0. The van der Waals surface area contributed by atoms with Crippen LogP contribution in [0, 0.1) is 0 Å². The van der Waals surface area contributed by atoms with Gasteiger partial charge in [0.25, 0.3) is 0 Å². The van der Waals surface area contributed by atoms with Gasteiger partial charge in [-0.05, 0) is 0 Å². The summed E-state index contributed by atoms with van der Waals surface area (Å²) in [7, 11) is 0. The van der Waals surface area contributed by atoms with Crippen molar-refractivity contribution >= 4 is 5.78 Å². The number of fused-ring (bicyclic) bond motifs is 2. The normalized spacial score (nSPS) is 34.6. The molecule has 2 rings (SSSR count). The molecule has 3 heteroatoms. The number of piperidine rings is 1. The van der Waals surface area contributed by atoms with Crippen LogP contribution in [0.3, 0.4) is 0 Å². The molecule has 2 heterocycles. The topological polar surface area (TPSA) is 29.5 Å². The Morgan fingerprint density at radius 3 is 2.62 bits per heavy atom. The van der Waals surface area contributed by atoms with E-state index in [-0.39, 0.29) is 0 Å².